The molecule has 3 N–H and O–H groups in total. The molecular formula is C34H24N5Na3O12S3. The number of nitrogens with zero attached hydrogens (tertiary/aromatic N) is 4. The Labute approximate surface area is 392 Å². The van der Waals surface area contributed by atoms with Gasteiger partial charge in [-0.2, -0.15) is 5.11 Å². The Kier molecular flexibility index (Phi) is 16.0. The van der Waals surface area contributed by atoms with Gasteiger partial charge in [0.05, 0.1) is 38.6 Å². The van der Waals surface area contributed by atoms with Gasteiger partial charge < -0.3 is 33.9 Å². The molecule has 6 aromatic rings. The van der Waals surface area contributed by atoms with E-state index in [0.717, 1.165) is 30.0 Å². The molecule has 57 heavy (non-hydrogen) atoms. The molecule has 0 aliphatic rings. The summed E-state index contributed by atoms with van der Waals surface area (Å²) in [6, 6.07) is 20.5. The van der Waals surface area contributed by atoms with Crippen LogP contribution in [0.15, 0.2) is 126 Å². The Morgan fingerprint density at radius 1 is 0.614 bits per heavy atom. The monoisotopic (exact) mass is 859 g/mol. The molecule has 17 nitrogen and oxygen atoms in total. The number of methoxy groups -OCH3 is 1. The quantitative estimate of drug-likeness (QED) is 0.0766. The van der Waals surface area contributed by atoms with Gasteiger partial charge in [0, 0.05) is 22.8 Å². The molecule has 0 saturated heterocycles. The van der Waals surface area contributed by atoms with Gasteiger partial charge in [-0.1, -0.05) is 18.2 Å². The molecule has 0 fully saturated rings. The van der Waals surface area contributed by atoms with Crippen LogP contribution in [0, 0.1) is 6.92 Å². The van der Waals surface area contributed by atoms with E-state index in [9.17, 15) is 49.1 Å². The second-order valence-corrected chi connectivity index (χ2v) is 15.7. The number of benzene rings is 6. The molecule has 23 heteroatoms. The Morgan fingerprint density at radius 3 is 1.81 bits per heavy atom. The number of rotatable bonds is 10. The van der Waals surface area contributed by atoms with Crippen LogP contribution >= 0.6 is 0 Å². The van der Waals surface area contributed by atoms with Crippen molar-refractivity contribution in [2.75, 3.05) is 12.4 Å². The summed E-state index contributed by atoms with van der Waals surface area (Å²) in [4.78, 5) is -2.58. The molecule has 278 valence electrons. The third-order valence-electron chi connectivity index (χ3n) is 7.94. The van der Waals surface area contributed by atoms with E-state index in [1.807, 2.05) is 30.3 Å². The molecule has 0 unspecified atom stereocenters. The number of phenolic OH excluding ortho intramolecular Hbond substituents is 2. The number of azo groups is 2. The maximum atomic E-state index is 12.3. The third kappa shape index (κ3) is 11.0. The summed E-state index contributed by atoms with van der Waals surface area (Å²) >= 11 is 0. The molecule has 0 aliphatic carbocycles. The van der Waals surface area contributed by atoms with E-state index in [1.165, 1.54) is 32.2 Å². The van der Waals surface area contributed by atoms with Crippen molar-refractivity contribution >= 4 is 86.0 Å². The first kappa shape index (κ1) is 48.3. The molecule has 6 aromatic carbocycles. The van der Waals surface area contributed by atoms with Crippen LogP contribution in [0.2, 0.25) is 0 Å². The van der Waals surface area contributed by atoms with Crippen LogP contribution in [-0.2, 0) is 30.4 Å². The maximum absolute atomic E-state index is 12.3. The van der Waals surface area contributed by atoms with Gasteiger partial charge >= 0.3 is 88.7 Å². The average molecular weight is 860 g/mol. The van der Waals surface area contributed by atoms with Crippen molar-refractivity contribution in [2.24, 2.45) is 20.5 Å². The predicted octanol–water partition coefficient (Wildman–Crippen LogP) is -1.98. The van der Waals surface area contributed by atoms with Crippen molar-refractivity contribution in [2.45, 2.75) is 21.6 Å². The molecule has 0 aromatic heterocycles. The predicted molar refractivity (Wildman–Crippen MR) is 191 cm³/mol. The number of anilines is 2. The van der Waals surface area contributed by atoms with Gasteiger partial charge in [-0.3, -0.25) is 0 Å². The minimum absolute atomic E-state index is 0. The summed E-state index contributed by atoms with van der Waals surface area (Å²) in [6.07, 6.45) is 0. The van der Waals surface area contributed by atoms with E-state index in [1.54, 1.807) is 12.1 Å². The Bertz CT molecular complexity index is 2910. The van der Waals surface area contributed by atoms with Gasteiger partial charge in [0.1, 0.15) is 53.2 Å². The normalized spacial score (nSPS) is 11.9. The van der Waals surface area contributed by atoms with Crippen molar-refractivity contribution in [3.05, 3.63) is 96.6 Å². The molecule has 0 bridgehead atoms. The summed E-state index contributed by atoms with van der Waals surface area (Å²) in [6.45, 7) is 1.54. The SMILES string of the molecule is COc1cc(N=Nc2cc(S(=O)(=O)[O-])cc3cc(S(=O)(=O)[O-])cc(O)c23)c(C)cc1N=Nc1c(S(=O)(=O)[O-])cc2cc(Nc3ccccc3)ccc2c1O.[Na+].[Na+].[Na+]. The number of para-hydroxylation sites is 1. The first-order valence-electron chi connectivity index (χ1n) is 15.2. The van der Waals surface area contributed by atoms with Crippen molar-refractivity contribution in [1.29, 1.82) is 0 Å². The number of aromatic hydroxyl groups is 2. The molecule has 0 amide bonds. The van der Waals surface area contributed by atoms with E-state index < -0.39 is 62.2 Å². The van der Waals surface area contributed by atoms with Crippen molar-refractivity contribution < 1.29 is 143 Å². The number of fused-ring (bicyclic) bond motifs is 2. The molecule has 0 aliphatic heterocycles. The zero-order valence-electron chi connectivity index (χ0n) is 30.7. The molecule has 0 atom stereocenters. The Morgan fingerprint density at radius 2 is 1.21 bits per heavy atom. The number of phenols is 2. The number of hydrogen-bond donors (Lipinski definition) is 3. The molecule has 0 saturated carbocycles. The zero-order valence-corrected chi connectivity index (χ0v) is 39.1. The van der Waals surface area contributed by atoms with Crippen LogP contribution in [0.4, 0.5) is 34.1 Å². The van der Waals surface area contributed by atoms with Crippen LogP contribution in [0.5, 0.6) is 17.2 Å². The largest absolute Gasteiger partial charge is 1.00 e. The minimum atomic E-state index is -5.19. The van der Waals surface area contributed by atoms with Crippen LogP contribution in [0.3, 0.4) is 0 Å². The van der Waals surface area contributed by atoms with Gasteiger partial charge in [-0.05, 0) is 90.0 Å². The van der Waals surface area contributed by atoms with Gasteiger partial charge in [0.25, 0.3) is 0 Å². The van der Waals surface area contributed by atoms with Gasteiger partial charge in [-0.25, -0.2) is 25.3 Å². The van der Waals surface area contributed by atoms with Crippen molar-refractivity contribution in [3.8, 4) is 17.2 Å². The number of nitrogens with one attached hydrogen (secondary N) is 1. The summed E-state index contributed by atoms with van der Waals surface area (Å²) in [7, 11) is -14.2. The zero-order chi connectivity index (χ0) is 39.2. The number of aryl methyl sites for hydroxylation is 1. The maximum Gasteiger partial charge on any atom is 1.00 e. The summed E-state index contributed by atoms with van der Waals surface area (Å²) in [5.74, 6) is -1.41. The fraction of sp³-hybridized carbons (Fsp3) is 0.0588. The molecule has 0 radical (unpaired) electrons. The smallest absolute Gasteiger partial charge is 0.744 e. The fourth-order valence-corrected chi connectivity index (χ4v) is 7.11. The van der Waals surface area contributed by atoms with Crippen molar-refractivity contribution in [1.82, 2.24) is 0 Å². The minimum Gasteiger partial charge on any atom is -0.744 e. The van der Waals surface area contributed by atoms with Crippen LogP contribution in [0.1, 0.15) is 5.56 Å². The second-order valence-electron chi connectivity index (χ2n) is 11.6. The summed E-state index contributed by atoms with van der Waals surface area (Å²) < 4.78 is 113. The van der Waals surface area contributed by atoms with E-state index in [2.05, 4.69) is 25.8 Å². The first-order chi connectivity index (χ1) is 25.3. The van der Waals surface area contributed by atoms with Crippen molar-refractivity contribution in [3.63, 3.8) is 0 Å². The van der Waals surface area contributed by atoms with Crippen LogP contribution in [-0.4, -0.2) is 56.2 Å². The molecule has 0 heterocycles. The molecule has 6 rings (SSSR count). The summed E-state index contributed by atoms with van der Waals surface area (Å²) in [5, 5.41) is 40.7. The number of hydrogen-bond acceptors (Lipinski definition) is 17. The molecule has 0 spiro atoms. The van der Waals surface area contributed by atoms with E-state index in [-0.39, 0.29) is 133 Å². The molecular weight excluding hydrogens is 836 g/mol. The Balaban J connectivity index is 0.00000290. The summed E-state index contributed by atoms with van der Waals surface area (Å²) in [5.41, 5.74) is 0.669. The van der Waals surface area contributed by atoms with E-state index >= 15 is 0 Å². The average Bonchev–Trinajstić information content (AvgIpc) is 3.09. The van der Waals surface area contributed by atoms with E-state index in [0.29, 0.717) is 17.3 Å². The standard InChI is InChI=1S/C34H27N5O12S3.3Na/c1-18-10-27(37-39-33-31(54(48,49)50)14-19-11-22(8-9-25(19)34(33)41)35-21-6-4-3-5-7-21)30(51-2)17-26(18)36-38-28-15-23(52(42,43)44)12-20-13-24(53(45,46)47)16-29(40)32(20)28;;;/h3-17,35,40-41H,1-2H3,(H,42,43,44)(H,45,46,47)(H,48,49,50);;;/q;3*+1/p-3. The van der Waals surface area contributed by atoms with E-state index in [4.69, 9.17) is 4.74 Å². The first-order valence-corrected chi connectivity index (χ1v) is 19.4. The third-order valence-corrected chi connectivity index (χ3v) is 10.4. The van der Waals surface area contributed by atoms with Gasteiger partial charge in [0.15, 0.2) is 5.75 Å². The van der Waals surface area contributed by atoms with Gasteiger partial charge in [0.2, 0.25) is 0 Å². The number of ether oxygens (including phenoxy) is 1. The second kappa shape index (κ2) is 18.9. The van der Waals surface area contributed by atoms with Crippen LogP contribution < -0.4 is 98.7 Å². The topological polar surface area (TPSA) is 283 Å². The van der Waals surface area contributed by atoms with Gasteiger partial charge in [-0.15, -0.1) is 15.3 Å². The van der Waals surface area contributed by atoms with Crippen LogP contribution in [0.25, 0.3) is 21.5 Å². The fourth-order valence-electron chi connectivity index (χ4n) is 5.41. The Hall–Kier alpha value is -3.03.